The van der Waals surface area contributed by atoms with Crippen molar-refractivity contribution in [2.75, 3.05) is 0 Å². The summed E-state index contributed by atoms with van der Waals surface area (Å²) in [6, 6.07) is 1.87. The molecule has 38 heavy (non-hydrogen) atoms. The molecule has 0 aliphatic carbocycles. The van der Waals surface area contributed by atoms with Crippen LogP contribution in [0, 0.1) is 0 Å². The van der Waals surface area contributed by atoms with Crippen LogP contribution < -0.4 is 22.5 Å². The molecule has 0 bridgehead atoms. The number of aliphatic hydroxyl groups excluding tert-OH is 6. The number of aromatic amines is 2. The SMILES string of the molecule is O=c1ccn([C@@H]2O[C@H](C(O)O[P+](=O)OC(O)[C@H]3O[C@@H](n4ccc(=O)[nH]c4=O)[C@H](O)[C@@H]3O)[C@@H](O)[C@H]2O)c(=O)[nH]1. The number of nitrogens with zero attached hydrogens (tertiary/aromatic N) is 2. The molecule has 2 aromatic rings. The summed E-state index contributed by atoms with van der Waals surface area (Å²) in [5, 5.41) is 61.2. The summed E-state index contributed by atoms with van der Waals surface area (Å²) in [6.07, 6.45) is -16.7. The van der Waals surface area contributed by atoms with Gasteiger partial charge in [0.1, 0.15) is 36.6 Å². The zero-order valence-corrected chi connectivity index (χ0v) is 19.7. The molecule has 8 N–H and O–H groups in total. The van der Waals surface area contributed by atoms with Crippen molar-refractivity contribution in [1.82, 2.24) is 19.1 Å². The van der Waals surface area contributed by atoms with Gasteiger partial charge in [-0.3, -0.25) is 28.7 Å². The Labute approximate surface area is 209 Å². The van der Waals surface area contributed by atoms with E-state index in [2.05, 4.69) is 9.05 Å². The molecule has 2 unspecified atom stereocenters. The third-order valence-electron chi connectivity index (χ3n) is 5.75. The van der Waals surface area contributed by atoms with Crippen molar-refractivity contribution in [1.29, 1.82) is 0 Å². The Hall–Kier alpha value is -2.94. The first-order valence-electron chi connectivity index (χ1n) is 10.7. The van der Waals surface area contributed by atoms with Gasteiger partial charge in [-0.2, -0.15) is 0 Å². The number of aromatic nitrogens is 4. The second kappa shape index (κ2) is 11.0. The van der Waals surface area contributed by atoms with Crippen LogP contribution in [0.2, 0.25) is 0 Å². The van der Waals surface area contributed by atoms with Crippen LogP contribution in [0.4, 0.5) is 0 Å². The predicted molar refractivity (Wildman–Crippen MR) is 116 cm³/mol. The largest absolute Gasteiger partial charge is 0.703 e. The number of hydrogen-bond acceptors (Lipinski definition) is 15. The second-order valence-electron chi connectivity index (χ2n) is 8.20. The first kappa shape index (κ1) is 28.1. The number of nitrogens with one attached hydrogen (secondary N) is 2. The van der Waals surface area contributed by atoms with E-state index < -0.39 is 92.4 Å². The van der Waals surface area contributed by atoms with Gasteiger partial charge in [0.15, 0.2) is 12.5 Å². The summed E-state index contributed by atoms with van der Waals surface area (Å²) in [5.74, 6) is 0. The second-order valence-corrected chi connectivity index (χ2v) is 9.06. The van der Waals surface area contributed by atoms with E-state index in [1.54, 1.807) is 0 Å². The summed E-state index contributed by atoms with van der Waals surface area (Å²) < 4.78 is 33.5. The minimum Gasteiger partial charge on any atom is -0.387 e. The van der Waals surface area contributed by atoms with Gasteiger partial charge in [0.25, 0.3) is 11.1 Å². The molecule has 0 spiro atoms. The Balaban J connectivity index is 1.38. The van der Waals surface area contributed by atoms with Crippen molar-refractivity contribution in [2.24, 2.45) is 0 Å². The van der Waals surface area contributed by atoms with Crippen molar-refractivity contribution in [3.63, 3.8) is 0 Å². The summed E-state index contributed by atoms with van der Waals surface area (Å²) in [7, 11) is -3.44. The molecule has 2 aliphatic heterocycles. The van der Waals surface area contributed by atoms with Gasteiger partial charge in [-0.15, -0.1) is 0 Å². The van der Waals surface area contributed by atoms with Crippen LogP contribution in [-0.4, -0.2) is 98.9 Å². The highest BCUT2D eigenvalue weighted by molar-refractivity contribution is 7.33. The van der Waals surface area contributed by atoms with Crippen LogP contribution in [0.15, 0.2) is 43.7 Å². The quantitative estimate of drug-likeness (QED) is 0.110. The summed E-state index contributed by atoms with van der Waals surface area (Å²) in [4.78, 5) is 50.1. The fourth-order valence-corrected chi connectivity index (χ4v) is 4.52. The van der Waals surface area contributed by atoms with Crippen LogP contribution in [0.5, 0.6) is 0 Å². The van der Waals surface area contributed by atoms with Gasteiger partial charge in [-0.05, 0) is 0 Å². The van der Waals surface area contributed by atoms with Crippen LogP contribution in [-0.2, 0) is 23.1 Å². The molecular weight excluding hydrogens is 543 g/mol. The average Bonchev–Trinajstić information content (AvgIpc) is 3.30. The predicted octanol–water partition coefficient (Wildman–Crippen LogP) is -5.35. The van der Waals surface area contributed by atoms with Crippen LogP contribution in [0.1, 0.15) is 12.5 Å². The maximum absolute atomic E-state index is 12.2. The Bertz CT molecular complexity index is 1300. The molecule has 0 amide bonds. The fourth-order valence-electron chi connectivity index (χ4n) is 3.88. The molecule has 0 radical (unpaired) electrons. The molecule has 10 atom stereocenters. The van der Waals surface area contributed by atoms with Crippen molar-refractivity contribution >= 4 is 8.25 Å². The third-order valence-corrected chi connectivity index (χ3v) is 6.53. The van der Waals surface area contributed by atoms with E-state index >= 15 is 0 Å². The molecular formula is C18H22N4O15P+. The van der Waals surface area contributed by atoms with Crippen molar-refractivity contribution in [3.8, 4) is 0 Å². The lowest BCUT2D eigenvalue weighted by Gasteiger charge is -2.18. The minimum absolute atomic E-state index is 0.719. The first-order chi connectivity index (χ1) is 17.9. The number of rotatable bonds is 8. The highest BCUT2D eigenvalue weighted by Crippen LogP contribution is 2.37. The van der Waals surface area contributed by atoms with Gasteiger partial charge < -0.3 is 40.1 Å². The molecule has 0 saturated carbocycles. The number of aliphatic hydroxyl groups is 6. The molecule has 2 saturated heterocycles. The summed E-state index contributed by atoms with van der Waals surface area (Å²) >= 11 is 0. The molecule has 2 aromatic heterocycles. The average molecular weight is 565 g/mol. The summed E-state index contributed by atoms with van der Waals surface area (Å²) in [5.41, 5.74) is -3.48. The van der Waals surface area contributed by atoms with Crippen LogP contribution in [0.25, 0.3) is 0 Å². The first-order valence-corrected chi connectivity index (χ1v) is 11.8. The molecule has 2 aliphatic rings. The topological polar surface area (TPSA) is 285 Å². The Kier molecular flexibility index (Phi) is 8.16. The van der Waals surface area contributed by atoms with E-state index in [1.165, 1.54) is 0 Å². The standard InChI is InChI=1S/C18H21N4O15P/c23-5-1-3-21(17(31)19-5)13-9(27)7(25)11(34-13)15(29)36-38(33)37-16(30)12-8(26)10(28)14(35-12)22-4-2-6(24)20-18(22)32/h1-4,7-16,25-30H,(H-,19,20,23,24,31,32)/p+1/t7-,8-,9+,10+,11-,12-,13+,14+,15?,16?/m0/s1. The van der Waals surface area contributed by atoms with E-state index in [0.29, 0.717) is 0 Å². The molecule has 4 heterocycles. The van der Waals surface area contributed by atoms with Gasteiger partial charge in [0.2, 0.25) is 12.6 Å². The smallest absolute Gasteiger partial charge is 0.387 e. The molecule has 0 aromatic carbocycles. The zero-order chi connectivity index (χ0) is 27.9. The highest BCUT2D eigenvalue weighted by Gasteiger charge is 2.53. The molecule has 4 rings (SSSR count). The van der Waals surface area contributed by atoms with Gasteiger partial charge in [-0.25, -0.2) is 9.59 Å². The fraction of sp³-hybridized carbons (Fsp3) is 0.556. The number of ether oxygens (including phenoxy) is 2. The summed E-state index contributed by atoms with van der Waals surface area (Å²) in [6.45, 7) is 0. The van der Waals surface area contributed by atoms with E-state index in [1.807, 2.05) is 9.97 Å². The Morgan fingerprint density at radius 1 is 0.737 bits per heavy atom. The lowest BCUT2D eigenvalue weighted by atomic mass is 10.1. The number of hydrogen-bond donors (Lipinski definition) is 8. The van der Waals surface area contributed by atoms with E-state index in [4.69, 9.17) is 9.47 Å². The van der Waals surface area contributed by atoms with E-state index in [9.17, 15) is 54.4 Å². The number of H-pyrrole nitrogens is 2. The van der Waals surface area contributed by atoms with Crippen molar-refractivity contribution in [2.45, 2.75) is 61.7 Å². The third kappa shape index (κ3) is 5.44. The maximum atomic E-state index is 12.2. The lowest BCUT2D eigenvalue weighted by molar-refractivity contribution is -0.176. The molecule has 20 heteroatoms. The van der Waals surface area contributed by atoms with E-state index in [0.717, 1.165) is 33.7 Å². The van der Waals surface area contributed by atoms with Crippen molar-refractivity contribution < 1.29 is 53.7 Å². The normalized spacial score (nSPS) is 33.3. The monoisotopic (exact) mass is 565 g/mol. The van der Waals surface area contributed by atoms with Crippen LogP contribution in [0.3, 0.4) is 0 Å². The molecule has 2 fully saturated rings. The van der Waals surface area contributed by atoms with E-state index in [-0.39, 0.29) is 0 Å². The molecule has 208 valence electrons. The van der Waals surface area contributed by atoms with Gasteiger partial charge in [-0.1, -0.05) is 9.05 Å². The van der Waals surface area contributed by atoms with Gasteiger partial charge in [0.05, 0.1) is 0 Å². The Morgan fingerprint density at radius 2 is 1.11 bits per heavy atom. The minimum atomic E-state index is -3.44. The molecule has 19 nitrogen and oxygen atoms in total. The maximum Gasteiger partial charge on any atom is 0.703 e. The van der Waals surface area contributed by atoms with Gasteiger partial charge in [0, 0.05) is 29.1 Å². The van der Waals surface area contributed by atoms with Crippen molar-refractivity contribution in [3.05, 3.63) is 66.2 Å². The lowest BCUT2D eigenvalue weighted by Crippen LogP contribution is -2.41. The Morgan fingerprint density at radius 3 is 1.45 bits per heavy atom. The van der Waals surface area contributed by atoms with Crippen LogP contribution >= 0.6 is 8.25 Å². The van der Waals surface area contributed by atoms with Gasteiger partial charge >= 0.3 is 19.6 Å². The zero-order valence-electron chi connectivity index (χ0n) is 18.8. The highest BCUT2D eigenvalue weighted by atomic mass is 31.1.